The molecule has 1 aromatic carbocycles. The number of thioether (sulfide) groups is 1. The van der Waals surface area contributed by atoms with Crippen LogP contribution in [0.3, 0.4) is 0 Å². The number of aryl methyl sites for hydroxylation is 2. The van der Waals surface area contributed by atoms with Crippen molar-refractivity contribution < 1.29 is 9.90 Å². The Morgan fingerprint density at radius 2 is 2.25 bits per heavy atom. The van der Waals surface area contributed by atoms with E-state index in [-0.39, 0.29) is 18.4 Å². The topological polar surface area (TPSA) is 58.4 Å². The number of carbonyl (C=O) groups excluding carboxylic acids is 1. The molecule has 1 aliphatic rings. The summed E-state index contributed by atoms with van der Waals surface area (Å²) in [5.74, 6) is 0.724. The van der Waals surface area contributed by atoms with Crippen LogP contribution < -0.4 is 0 Å². The molecule has 1 unspecified atom stereocenters. The van der Waals surface area contributed by atoms with E-state index in [0.29, 0.717) is 12.3 Å². The van der Waals surface area contributed by atoms with Crippen molar-refractivity contribution in [2.75, 3.05) is 25.4 Å². The number of rotatable bonds is 5. The molecule has 1 atom stereocenters. The van der Waals surface area contributed by atoms with Gasteiger partial charge in [0.05, 0.1) is 11.4 Å². The summed E-state index contributed by atoms with van der Waals surface area (Å²) in [7, 11) is 0. The Balaban J connectivity index is 1.68. The molecule has 24 heavy (non-hydrogen) atoms. The summed E-state index contributed by atoms with van der Waals surface area (Å²) < 4.78 is 2.04. The number of aliphatic hydroxyl groups is 1. The van der Waals surface area contributed by atoms with Crippen molar-refractivity contribution in [3.63, 3.8) is 0 Å². The van der Waals surface area contributed by atoms with Crippen LogP contribution in [0.2, 0.25) is 0 Å². The number of nitrogens with zero attached hydrogens (tertiary/aromatic N) is 3. The maximum Gasteiger partial charge on any atom is 0.233 e. The molecule has 1 fully saturated rings. The van der Waals surface area contributed by atoms with E-state index in [1.165, 1.54) is 22.9 Å². The van der Waals surface area contributed by atoms with Gasteiger partial charge in [0.1, 0.15) is 0 Å². The summed E-state index contributed by atoms with van der Waals surface area (Å²) in [6.07, 6.45) is 4.60. The lowest BCUT2D eigenvalue weighted by molar-refractivity contribution is -0.127. The molecule has 5 nitrogen and oxygen atoms in total. The zero-order valence-electron chi connectivity index (χ0n) is 14.1. The molecule has 1 amide bonds. The molecule has 1 saturated heterocycles. The molecule has 0 radical (unpaired) electrons. The van der Waals surface area contributed by atoms with Crippen LogP contribution in [0.5, 0.6) is 0 Å². The number of benzene rings is 1. The Labute approximate surface area is 146 Å². The fraction of sp³-hybridized carbons (Fsp3) is 0.444. The second-order valence-corrected chi connectivity index (χ2v) is 7.28. The van der Waals surface area contributed by atoms with Gasteiger partial charge >= 0.3 is 0 Å². The molecule has 128 valence electrons. The highest BCUT2D eigenvalue weighted by atomic mass is 32.2. The number of aromatic nitrogens is 2. The molecule has 1 N–H and O–H groups in total. The van der Waals surface area contributed by atoms with Crippen LogP contribution in [0.4, 0.5) is 0 Å². The minimum absolute atomic E-state index is 0.117. The largest absolute Gasteiger partial charge is 0.396 e. The van der Waals surface area contributed by atoms with E-state index in [4.69, 9.17) is 0 Å². The first kappa shape index (κ1) is 17.0. The SMILES string of the molecule is Cc1ccc(C)c(-n2ccnc2SCC(=O)N2CCC(CO)C2)c1. The first-order valence-corrected chi connectivity index (χ1v) is 9.19. The number of carbonyl (C=O) groups is 1. The van der Waals surface area contributed by atoms with Gasteiger partial charge in [-0.05, 0) is 37.5 Å². The minimum Gasteiger partial charge on any atom is -0.396 e. The van der Waals surface area contributed by atoms with Crippen LogP contribution in [0.1, 0.15) is 17.5 Å². The van der Waals surface area contributed by atoms with Crippen molar-refractivity contribution in [1.29, 1.82) is 0 Å². The zero-order chi connectivity index (χ0) is 17.1. The first-order valence-electron chi connectivity index (χ1n) is 8.21. The van der Waals surface area contributed by atoms with Gasteiger partial charge < -0.3 is 10.0 Å². The summed E-state index contributed by atoms with van der Waals surface area (Å²) in [4.78, 5) is 18.6. The Bertz CT molecular complexity index is 729. The van der Waals surface area contributed by atoms with Crippen molar-refractivity contribution in [3.8, 4) is 5.69 Å². The van der Waals surface area contributed by atoms with Crippen molar-refractivity contribution in [1.82, 2.24) is 14.5 Å². The highest BCUT2D eigenvalue weighted by Gasteiger charge is 2.25. The van der Waals surface area contributed by atoms with Crippen LogP contribution in [0, 0.1) is 19.8 Å². The lowest BCUT2D eigenvalue weighted by atomic mass is 10.1. The van der Waals surface area contributed by atoms with E-state index in [1.54, 1.807) is 6.20 Å². The van der Waals surface area contributed by atoms with E-state index in [1.807, 2.05) is 15.7 Å². The summed E-state index contributed by atoms with van der Waals surface area (Å²) in [5, 5.41) is 10.0. The Kier molecular flexibility index (Phi) is 5.26. The van der Waals surface area contributed by atoms with Crippen molar-refractivity contribution in [2.45, 2.75) is 25.4 Å². The molecule has 3 rings (SSSR count). The second-order valence-electron chi connectivity index (χ2n) is 6.34. The number of amides is 1. The fourth-order valence-corrected chi connectivity index (χ4v) is 3.85. The van der Waals surface area contributed by atoms with Crippen LogP contribution >= 0.6 is 11.8 Å². The molecule has 0 bridgehead atoms. The Hall–Kier alpha value is -1.79. The quantitative estimate of drug-likeness (QED) is 0.846. The second kappa shape index (κ2) is 7.40. The van der Waals surface area contributed by atoms with Crippen LogP contribution in [-0.4, -0.2) is 50.9 Å². The molecule has 2 heterocycles. The van der Waals surface area contributed by atoms with Crippen LogP contribution in [-0.2, 0) is 4.79 Å². The van der Waals surface area contributed by atoms with Crippen molar-refractivity contribution in [3.05, 3.63) is 41.7 Å². The standard InChI is InChI=1S/C18H23N3O2S/c1-13-3-4-14(2)16(9-13)21-8-6-19-18(21)24-12-17(23)20-7-5-15(10-20)11-22/h3-4,6,8-9,15,22H,5,7,10-12H2,1-2H3. The predicted octanol–water partition coefficient (Wildman–Crippen LogP) is 2.42. The van der Waals surface area contributed by atoms with Gasteiger partial charge in [0, 0.05) is 38.0 Å². The van der Waals surface area contributed by atoms with Crippen LogP contribution in [0.25, 0.3) is 5.69 Å². The Morgan fingerprint density at radius 3 is 3.00 bits per heavy atom. The van der Waals surface area contributed by atoms with Crippen molar-refractivity contribution in [2.24, 2.45) is 5.92 Å². The van der Waals surface area contributed by atoms with Crippen molar-refractivity contribution >= 4 is 17.7 Å². The van der Waals surface area contributed by atoms with Gasteiger partial charge in [-0.25, -0.2) is 4.98 Å². The number of hydrogen-bond acceptors (Lipinski definition) is 4. The number of hydrogen-bond donors (Lipinski definition) is 1. The van der Waals surface area contributed by atoms with Gasteiger partial charge in [-0.1, -0.05) is 23.9 Å². The van der Waals surface area contributed by atoms with Gasteiger partial charge in [-0.2, -0.15) is 0 Å². The van der Waals surface area contributed by atoms with E-state index in [9.17, 15) is 9.90 Å². The summed E-state index contributed by atoms with van der Waals surface area (Å²) >= 11 is 1.47. The number of likely N-dealkylation sites (tertiary alicyclic amines) is 1. The molecule has 0 saturated carbocycles. The minimum atomic E-state index is 0.117. The van der Waals surface area contributed by atoms with E-state index in [0.717, 1.165) is 23.8 Å². The molecule has 0 aliphatic carbocycles. The molecule has 1 aliphatic heterocycles. The van der Waals surface area contributed by atoms with Gasteiger partial charge in [0.25, 0.3) is 0 Å². The van der Waals surface area contributed by atoms with Gasteiger partial charge in [-0.3, -0.25) is 9.36 Å². The van der Waals surface area contributed by atoms with Gasteiger partial charge in [0.15, 0.2) is 5.16 Å². The summed E-state index contributed by atoms with van der Waals surface area (Å²) in [6, 6.07) is 6.33. The van der Waals surface area contributed by atoms with Gasteiger partial charge in [-0.15, -0.1) is 0 Å². The lowest BCUT2D eigenvalue weighted by Crippen LogP contribution is -2.30. The highest BCUT2D eigenvalue weighted by Crippen LogP contribution is 2.24. The maximum atomic E-state index is 12.4. The number of imidazole rings is 1. The van der Waals surface area contributed by atoms with E-state index >= 15 is 0 Å². The van der Waals surface area contributed by atoms with Crippen LogP contribution in [0.15, 0.2) is 35.7 Å². The average molecular weight is 345 g/mol. The normalized spacial score (nSPS) is 17.5. The third kappa shape index (κ3) is 3.65. The monoisotopic (exact) mass is 345 g/mol. The third-order valence-electron chi connectivity index (χ3n) is 4.45. The Morgan fingerprint density at radius 1 is 1.42 bits per heavy atom. The first-order chi connectivity index (χ1) is 11.6. The summed E-state index contributed by atoms with van der Waals surface area (Å²) in [5.41, 5.74) is 3.48. The molecule has 2 aromatic rings. The summed E-state index contributed by atoms with van der Waals surface area (Å²) in [6.45, 7) is 5.72. The molecule has 6 heteroatoms. The zero-order valence-corrected chi connectivity index (χ0v) is 14.9. The molecule has 0 spiro atoms. The lowest BCUT2D eigenvalue weighted by Gasteiger charge is -2.16. The van der Waals surface area contributed by atoms with Gasteiger partial charge in [0.2, 0.25) is 5.91 Å². The van der Waals surface area contributed by atoms with E-state index < -0.39 is 0 Å². The van der Waals surface area contributed by atoms with E-state index in [2.05, 4.69) is 37.0 Å². The average Bonchev–Trinajstić information content (AvgIpc) is 3.23. The maximum absolute atomic E-state index is 12.4. The fourth-order valence-electron chi connectivity index (χ4n) is 2.98. The molecular formula is C18H23N3O2S. The number of aliphatic hydroxyl groups excluding tert-OH is 1. The third-order valence-corrected chi connectivity index (χ3v) is 5.40. The molecule has 1 aromatic heterocycles. The highest BCUT2D eigenvalue weighted by molar-refractivity contribution is 7.99. The predicted molar refractivity (Wildman–Crippen MR) is 95.5 cm³/mol. The molecular weight excluding hydrogens is 322 g/mol. The smallest absolute Gasteiger partial charge is 0.233 e.